The SMILES string of the molecule is CCCC(N)C(N)CC=Cc1ccccc1. The maximum absolute atomic E-state index is 5.99. The second kappa shape index (κ2) is 7.20. The van der Waals surface area contributed by atoms with Crippen LogP contribution in [0.25, 0.3) is 6.08 Å². The van der Waals surface area contributed by atoms with Gasteiger partial charge < -0.3 is 11.5 Å². The van der Waals surface area contributed by atoms with Gasteiger partial charge in [0.25, 0.3) is 0 Å². The Morgan fingerprint density at radius 3 is 2.44 bits per heavy atom. The van der Waals surface area contributed by atoms with E-state index < -0.39 is 0 Å². The zero-order chi connectivity index (χ0) is 11.8. The minimum Gasteiger partial charge on any atom is -0.326 e. The zero-order valence-corrected chi connectivity index (χ0v) is 9.97. The molecule has 0 fully saturated rings. The molecule has 0 heterocycles. The molecule has 0 spiro atoms. The van der Waals surface area contributed by atoms with Crippen molar-refractivity contribution in [1.82, 2.24) is 0 Å². The summed E-state index contributed by atoms with van der Waals surface area (Å²) in [7, 11) is 0. The summed E-state index contributed by atoms with van der Waals surface area (Å²) < 4.78 is 0. The first-order chi connectivity index (χ1) is 7.74. The van der Waals surface area contributed by atoms with Crippen LogP contribution in [0.5, 0.6) is 0 Å². The van der Waals surface area contributed by atoms with E-state index in [-0.39, 0.29) is 12.1 Å². The van der Waals surface area contributed by atoms with E-state index in [4.69, 9.17) is 11.5 Å². The molecule has 0 amide bonds. The topological polar surface area (TPSA) is 52.0 Å². The minimum atomic E-state index is 0.0694. The van der Waals surface area contributed by atoms with Crippen molar-refractivity contribution in [3.63, 3.8) is 0 Å². The van der Waals surface area contributed by atoms with Gasteiger partial charge in [0, 0.05) is 12.1 Å². The molecule has 0 saturated heterocycles. The number of rotatable bonds is 6. The molecular weight excluding hydrogens is 196 g/mol. The van der Waals surface area contributed by atoms with Gasteiger partial charge in [0.05, 0.1) is 0 Å². The van der Waals surface area contributed by atoms with E-state index in [2.05, 4.69) is 31.2 Å². The van der Waals surface area contributed by atoms with E-state index in [0.717, 1.165) is 19.3 Å². The molecule has 0 radical (unpaired) electrons. The van der Waals surface area contributed by atoms with Crippen LogP contribution in [0.3, 0.4) is 0 Å². The largest absolute Gasteiger partial charge is 0.326 e. The van der Waals surface area contributed by atoms with E-state index in [0.29, 0.717) is 0 Å². The lowest BCUT2D eigenvalue weighted by molar-refractivity contribution is 0.493. The average molecular weight is 218 g/mol. The first-order valence-electron chi connectivity index (χ1n) is 5.96. The quantitative estimate of drug-likeness (QED) is 0.771. The Labute approximate surface area is 98.3 Å². The highest BCUT2D eigenvalue weighted by Crippen LogP contribution is 2.05. The van der Waals surface area contributed by atoms with Crippen LogP contribution in [0.2, 0.25) is 0 Å². The highest BCUT2D eigenvalue weighted by molar-refractivity contribution is 5.48. The molecule has 2 heteroatoms. The van der Waals surface area contributed by atoms with Gasteiger partial charge in [0.1, 0.15) is 0 Å². The Bertz CT molecular complexity index is 306. The van der Waals surface area contributed by atoms with Crippen LogP contribution >= 0.6 is 0 Å². The van der Waals surface area contributed by atoms with Gasteiger partial charge in [-0.2, -0.15) is 0 Å². The van der Waals surface area contributed by atoms with Crippen molar-refractivity contribution in [3.05, 3.63) is 42.0 Å². The molecule has 0 aliphatic heterocycles. The van der Waals surface area contributed by atoms with Crippen LogP contribution in [-0.2, 0) is 0 Å². The predicted octanol–water partition coefficient (Wildman–Crippen LogP) is 2.54. The van der Waals surface area contributed by atoms with Crippen LogP contribution in [0.15, 0.2) is 36.4 Å². The van der Waals surface area contributed by atoms with Gasteiger partial charge in [-0.25, -0.2) is 0 Å². The molecule has 1 rings (SSSR count). The summed E-state index contributed by atoms with van der Waals surface area (Å²) in [5, 5.41) is 0. The average Bonchev–Trinajstić information content (AvgIpc) is 2.30. The number of hydrogen-bond donors (Lipinski definition) is 2. The Morgan fingerprint density at radius 1 is 1.12 bits per heavy atom. The lowest BCUT2D eigenvalue weighted by Crippen LogP contribution is -2.40. The zero-order valence-electron chi connectivity index (χ0n) is 9.97. The Balaban J connectivity index is 2.36. The van der Waals surface area contributed by atoms with Crippen molar-refractivity contribution in [2.24, 2.45) is 11.5 Å². The molecule has 1 aromatic carbocycles. The monoisotopic (exact) mass is 218 g/mol. The summed E-state index contributed by atoms with van der Waals surface area (Å²) in [5.41, 5.74) is 13.1. The minimum absolute atomic E-state index is 0.0694. The Morgan fingerprint density at radius 2 is 1.81 bits per heavy atom. The maximum atomic E-state index is 5.99. The second-order valence-electron chi connectivity index (χ2n) is 4.17. The molecule has 2 atom stereocenters. The molecule has 0 bridgehead atoms. The molecule has 4 N–H and O–H groups in total. The van der Waals surface area contributed by atoms with E-state index in [1.54, 1.807) is 0 Å². The fraction of sp³-hybridized carbons (Fsp3) is 0.429. The molecule has 0 aliphatic rings. The standard InChI is InChI=1S/C14H22N2/c1-2-7-13(15)14(16)11-6-10-12-8-4-3-5-9-12/h3-6,8-10,13-14H,2,7,11,15-16H2,1H3. The van der Waals surface area contributed by atoms with Crippen molar-refractivity contribution in [2.75, 3.05) is 0 Å². The molecule has 1 aromatic rings. The normalized spacial score (nSPS) is 15.2. The summed E-state index contributed by atoms with van der Waals surface area (Å²) in [4.78, 5) is 0. The summed E-state index contributed by atoms with van der Waals surface area (Å²) in [5.74, 6) is 0. The van der Waals surface area contributed by atoms with Crippen LogP contribution in [-0.4, -0.2) is 12.1 Å². The predicted molar refractivity (Wildman–Crippen MR) is 71.0 cm³/mol. The number of hydrogen-bond acceptors (Lipinski definition) is 2. The van der Waals surface area contributed by atoms with Crippen LogP contribution in [0.4, 0.5) is 0 Å². The van der Waals surface area contributed by atoms with Crippen LogP contribution in [0, 0.1) is 0 Å². The van der Waals surface area contributed by atoms with Gasteiger partial charge in [0.2, 0.25) is 0 Å². The second-order valence-corrected chi connectivity index (χ2v) is 4.17. The van der Waals surface area contributed by atoms with E-state index >= 15 is 0 Å². The highest BCUT2D eigenvalue weighted by atomic mass is 14.8. The Kier molecular flexibility index (Phi) is 5.83. The molecule has 0 aliphatic carbocycles. The molecule has 2 nitrogen and oxygen atoms in total. The summed E-state index contributed by atoms with van der Waals surface area (Å²) >= 11 is 0. The van der Waals surface area contributed by atoms with Crippen molar-refractivity contribution in [3.8, 4) is 0 Å². The van der Waals surface area contributed by atoms with Crippen LogP contribution < -0.4 is 11.5 Å². The maximum Gasteiger partial charge on any atom is 0.0227 e. The third kappa shape index (κ3) is 4.60. The van der Waals surface area contributed by atoms with E-state index in [1.165, 1.54) is 5.56 Å². The molecular formula is C14H22N2. The third-order valence-corrected chi connectivity index (χ3v) is 2.69. The summed E-state index contributed by atoms with van der Waals surface area (Å²) in [6, 6.07) is 10.4. The molecule has 0 saturated carbocycles. The fourth-order valence-corrected chi connectivity index (χ4v) is 1.65. The van der Waals surface area contributed by atoms with Gasteiger partial charge in [-0.15, -0.1) is 0 Å². The lowest BCUT2D eigenvalue weighted by atomic mass is 10.0. The lowest BCUT2D eigenvalue weighted by Gasteiger charge is -2.17. The van der Waals surface area contributed by atoms with Crippen LogP contribution in [0.1, 0.15) is 31.7 Å². The van der Waals surface area contributed by atoms with E-state index in [1.807, 2.05) is 18.2 Å². The van der Waals surface area contributed by atoms with Crippen molar-refractivity contribution in [2.45, 2.75) is 38.3 Å². The molecule has 88 valence electrons. The van der Waals surface area contributed by atoms with Gasteiger partial charge in [-0.3, -0.25) is 0 Å². The number of nitrogens with two attached hydrogens (primary N) is 2. The van der Waals surface area contributed by atoms with E-state index in [9.17, 15) is 0 Å². The summed E-state index contributed by atoms with van der Waals surface area (Å²) in [6.45, 7) is 2.13. The third-order valence-electron chi connectivity index (χ3n) is 2.69. The van der Waals surface area contributed by atoms with Gasteiger partial charge in [0.15, 0.2) is 0 Å². The van der Waals surface area contributed by atoms with Crippen molar-refractivity contribution >= 4 is 6.08 Å². The first-order valence-corrected chi connectivity index (χ1v) is 5.96. The number of benzene rings is 1. The molecule has 16 heavy (non-hydrogen) atoms. The summed E-state index contributed by atoms with van der Waals surface area (Å²) in [6.07, 6.45) is 7.14. The van der Waals surface area contributed by atoms with Gasteiger partial charge >= 0.3 is 0 Å². The molecule has 0 aromatic heterocycles. The molecule has 2 unspecified atom stereocenters. The highest BCUT2D eigenvalue weighted by Gasteiger charge is 2.09. The van der Waals surface area contributed by atoms with Crippen molar-refractivity contribution < 1.29 is 0 Å². The van der Waals surface area contributed by atoms with Gasteiger partial charge in [-0.1, -0.05) is 55.8 Å². The fourth-order valence-electron chi connectivity index (χ4n) is 1.65. The Hall–Kier alpha value is -1.12. The van der Waals surface area contributed by atoms with Crippen molar-refractivity contribution in [1.29, 1.82) is 0 Å². The first kappa shape index (κ1) is 12.9. The smallest absolute Gasteiger partial charge is 0.0227 e. The van der Waals surface area contributed by atoms with Gasteiger partial charge in [-0.05, 0) is 18.4 Å².